The second-order valence-electron chi connectivity index (χ2n) is 9.65. The van der Waals surface area contributed by atoms with E-state index in [4.69, 9.17) is 13.9 Å². The molecule has 6 heteroatoms. The molecular formula is C23H29NO5. The van der Waals surface area contributed by atoms with Gasteiger partial charge in [0.25, 0.3) is 5.91 Å². The van der Waals surface area contributed by atoms with E-state index in [1.807, 2.05) is 23.1 Å². The number of ether oxygens (including phenoxy) is 2. The van der Waals surface area contributed by atoms with E-state index in [0.29, 0.717) is 11.1 Å². The molecular weight excluding hydrogens is 370 g/mol. The van der Waals surface area contributed by atoms with E-state index in [9.17, 15) is 9.59 Å². The summed E-state index contributed by atoms with van der Waals surface area (Å²) in [5, 5.41) is 0.816. The molecule has 1 saturated heterocycles. The number of rotatable bonds is 5. The molecule has 2 atom stereocenters. The number of nitrogens with zero attached hydrogens (tertiary/aromatic N) is 1. The van der Waals surface area contributed by atoms with Crippen LogP contribution < -0.4 is 0 Å². The zero-order valence-electron chi connectivity index (χ0n) is 17.6. The number of esters is 1. The van der Waals surface area contributed by atoms with Crippen LogP contribution in [0, 0.1) is 10.8 Å². The zero-order valence-corrected chi connectivity index (χ0v) is 17.6. The molecule has 1 aliphatic carbocycles. The average molecular weight is 399 g/mol. The quantitative estimate of drug-likeness (QED) is 0.706. The van der Waals surface area contributed by atoms with Crippen molar-refractivity contribution in [2.45, 2.75) is 52.7 Å². The number of hydrogen-bond donors (Lipinski definition) is 0. The van der Waals surface area contributed by atoms with Crippen molar-refractivity contribution in [1.29, 1.82) is 0 Å². The Morgan fingerprint density at radius 3 is 2.72 bits per heavy atom. The number of benzene rings is 1. The fraction of sp³-hybridized carbons (Fsp3) is 0.565. The van der Waals surface area contributed by atoms with Gasteiger partial charge in [-0.05, 0) is 36.2 Å². The summed E-state index contributed by atoms with van der Waals surface area (Å²) < 4.78 is 16.3. The number of methoxy groups -OCH3 is 1. The van der Waals surface area contributed by atoms with Crippen molar-refractivity contribution in [2.75, 3.05) is 20.3 Å². The van der Waals surface area contributed by atoms with Crippen molar-refractivity contribution in [2.24, 2.45) is 10.8 Å². The van der Waals surface area contributed by atoms with Crippen molar-refractivity contribution >= 4 is 22.8 Å². The summed E-state index contributed by atoms with van der Waals surface area (Å²) in [6.07, 6.45) is 3.13. The molecule has 0 spiro atoms. The standard InChI is InChI=1S/C23H29NO5/c1-22(2)9-15-10-23(3,13-22)14-24(15)19(25)12-28-21(26)20-17(11-27-4)16-7-5-6-8-18(16)29-20/h5-8,15H,9-14H2,1-4H3/t15-,23-/m1/s1. The molecule has 4 rings (SSSR count). The van der Waals surface area contributed by atoms with Crippen LogP contribution in [0.2, 0.25) is 0 Å². The van der Waals surface area contributed by atoms with Gasteiger partial charge in [-0.2, -0.15) is 0 Å². The normalized spacial score (nSPS) is 25.4. The Morgan fingerprint density at radius 1 is 1.21 bits per heavy atom. The number of amides is 1. The molecule has 1 aliphatic heterocycles. The monoisotopic (exact) mass is 399 g/mol. The Balaban J connectivity index is 1.46. The third-order valence-corrected chi connectivity index (χ3v) is 6.23. The first kappa shape index (κ1) is 20.0. The summed E-state index contributed by atoms with van der Waals surface area (Å²) in [6, 6.07) is 7.62. The molecule has 6 nitrogen and oxygen atoms in total. The topological polar surface area (TPSA) is 69.0 Å². The Morgan fingerprint density at radius 2 is 1.97 bits per heavy atom. The van der Waals surface area contributed by atoms with Crippen LogP contribution >= 0.6 is 0 Å². The van der Waals surface area contributed by atoms with Crippen LogP contribution in [0.15, 0.2) is 28.7 Å². The van der Waals surface area contributed by atoms with Crippen LogP contribution in [0.1, 0.15) is 56.2 Å². The highest BCUT2D eigenvalue weighted by atomic mass is 16.5. The fourth-order valence-electron chi connectivity index (χ4n) is 5.58. The number of para-hydroxylation sites is 1. The fourth-order valence-corrected chi connectivity index (χ4v) is 5.58. The molecule has 0 N–H and O–H groups in total. The van der Waals surface area contributed by atoms with Crippen LogP contribution in [-0.4, -0.2) is 43.1 Å². The molecule has 29 heavy (non-hydrogen) atoms. The maximum absolute atomic E-state index is 12.9. The lowest BCUT2D eigenvalue weighted by Crippen LogP contribution is -2.39. The third kappa shape index (κ3) is 3.78. The summed E-state index contributed by atoms with van der Waals surface area (Å²) in [7, 11) is 1.56. The van der Waals surface area contributed by atoms with E-state index >= 15 is 0 Å². The first-order valence-electron chi connectivity index (χ1n) is 10.2. The molecule has 1 amide bonds. The highest BCUT2D eigenvalue weighted by molar-refractivity contribution is 5.96. The smallest absolute Gasteiger partial charge is 0.375 e. The van der Waals surface area contributed by atoms with E-state index in [1.165, 1.54) is 0 Å². The van der Waals surface area contributed by atoms with Gasteiger partial charge in [-0.3, -0.25) is 4.79 Å². The van der Waals surface area contributed by atoms with Crippen molar-refractivity contribution < 1.29 is 23.5 Å². The first-order chi connectivity index (χ1) is 13.7. The molecule has 1 saturated carbocycles. The van der Waals surface area contributed by atoms with Crippen LogP contribution in [0.3, 0.4) is 0 Å². The van der Waals surface area contributed by atoms with Gasteiger partial charge in [0.2, 0.25) is 5.76 Å². The van der Waals surface area contributed by atoms with Gasteiger partial charge in [-0.15, -0.1) is 0 Å². The van der Waals surface area contributed by atoms with E-state index in [0.717, 1.165) is 31.2 Å². The Labute approximate surface area is 171 Å². The number of furan rings is 1. The van der Waals surface area contributed by atoms with Crippen molar-refractivity contribution in [3.05, 3.63) is 35.6 Å². The summed E-state index contributed by atoms with van der Waals surface area (Å²) in [5.74, 6) is -0.654. The Bertz CT molecular complexity index is 946. The number of likely N-dealkylation sites (tertiary alicyclic amines) is 1. The molecule has 2 aliphatic rings. The predicted octanol–water partition coefficient (Wildman–Crippen LogP) is 4.16. The largest absolute Gasteiger partial charge is 0.450 e. The molecule has 156 valence electrons. The molecule has 0 unspecified atom stereocenters. The SMILES string of the molecule is COCc1c(C(=O)OCC(=O)N2C[C@]3(C)C[C@H]2CC(C)(C)C3)oc2ccccc12. The van der Waals surface area contributed by atoms with Gasteiger partial charge >= 0.3 is 5.97 Å². The van der Waals surface area contributed by atoms with Gasteiger partial charge in [0.05, 0.1) is 6.61 Å². The Kier molecular flexibility index (Phi) is 4.93. The maximum atomic E-state index is 12.9. The van der Waals surface area contributed by atoms with Gasteiger partial charge < -0.3 is 18.8 Å². The summed E-state index contributed by atoms with van der Waals surface area (Å²) >= 11 is 0. The summed E-state index contributed by atoms with van der Waals surface area (Å²) in [5.41, 5.74) is 1.62. The van der Waals surface area contributed by atoms with Crippen LogP contribution in [0.5, 0.6) is 0 Å². The van der Waals surface area contributed by atoms with Gasteiger partial charge in [-0.1, -0.05) is 39.0 Å². The third-order valence-electron chi connectivity index (χ3n) is 6.23. The highest BCUT2D eigenvalue weighted by Crippen LogP contribution is 2.52. The number of fused-ring (bicyclic) bond motifs is 3. The first-order valence-corrected chi connectivity index (χ1v) is 10.2. The van der Waals surface area contributed by atoms with Crippen LogP contribution in [0.4, 0.5) is 0 Å². The van der Waals surface area contributed by atoms with E-state index < -0.39 is 5.97 Å². The van der Waals surface area contributed by atoms with Gasteiger partial charge in [0.15, 0.2) is 6.61 Å². The number of carbonyl (C=O) groups excluding carboxylic acids is 2. The Hall–Kier alpha value is -2.34. The van der Waals surface area contributed by atoms with Gasteiger partial charge in [0.1, 0.15) is 5.58 Å². The minimum absolute atomic E-state index is 0.106. The molecule has 2 heterocycles. The summed E-state index contributed by atoms with van der Waals surface area (Å²) in [4.78, 5) is 27.4. The van der Waals surface area contributed by atoms with Crippen LogP contribution in [0.25, 0.3) is 11.0 Å². The van der Waals surface area contributed by atoms with Crippen molar-refractivity contribution in [1.82, 2.24) is 4.90 Å². The molecule has 2 fully saturated rings. The number of hydrogen-bond acceptors (Lipinski definition) is 5. The van der Waals surface area contributed by atoms with Crippen LogP contribution in [-0.2, 0) is 20.9 Å². The lowest BCUT2D eigenvalue weighted by molar-refractivity contribution is -0.135. The highest BCUT2D eigenvalue weighted by Gasteiger charge is 2.51. The molecule has 2 aromatic rings. The second-order valence-corrected chi connectivity index (χ2v) is 9.65. The second kappa shape index (κ2) is 7.17. The lowest BCUT2D eigenvalue weighted by atomic mass is 9.65. The zero-order chi connectivity index (χ0) is 20.8. The molecule has 1 aromatic carbocycles. The predicted molar refractivity (Wildman–Crippen MR) is 108 cm³/mol. The van der Waals surface area contributed by atoms with Gasteiger partial charge in [0, 0.05) is 30.6 Å². The average Bonchev–Trinajstić information content (AvgIpc) is 3.13. The number of carbonyl (C=O) groups is 2. The van der Waals surface area contributed by atoms with Gasteiger partial charge in [-0.25, -0.2) is 4.79 Å². The van der Waals surface area contributed by atoms with Crippen molar-refractivity contribution in [3.63, 3.8) is 0 Å². The lowest BCUT2D eigenvalue weighted by Gasteiger charge is -2.39. The van der Waals surface area contributed by atoms with Crippen molar-refractivity contribution in [3.8, 4) is 0 Å². The molecule has 0 radical (unpaired) electrons. The molecule has 2 bridgehead atoms. The van der Waals surface area contributed by atoms with E-state index in [2.05, 4.69) is 20.8 Å². The minimum Gasteiger partial charge on any atom is -0.450 e. The van der Waals surface area contributed by atoms with E-state index in [1.54, 1.807) is 13.2 Å². The maximum Gasteiger partial charge on any atom is 0.375 e. The summed E-state index contributed by atoms with van der Waals surface area (Å²) in [6.45, 7) is 7.49. The van der Waals surface area contributed by atoms with E-state index in [-0.39, 0.29) is 41.8 Å². The minimum atomic E-state index is -0.629. The molecule has 1 aromatic heterocycles.